The van der Waals surface area contributed by atoms with E-state index in [9.17, 15) is 9.18 Å². The first-order valence-electron chi connectivity index (χ1n) is 12.3. The van der Waals surface area contributed by atoms with E-state index in [0.717, 1.165) is 19.5 Å². The van der Waals surface area contributed by atoms with E-state index in [2.05, 4.69) is 42.9 Å². The van der Waals surface area contributed by atoms with Crippen molar-refractivity contribution in [1.29, 1.82) is 0 Å². The number of hydrogen-bond donors (Lipinski definition) is 1. The normalized spacial score (nSPS) is 23.7. The van der Waals surface area contributed by atoms with Crippen LogP contribution in [0.5, 0.6) is 5.75 Å². The second kappa shape index (κ2) is 9.22. The number of amides is 1. The van der Waals surface area contributed by atoms with Crippen molar-refractivity contribution in [1.82, 2.24) is 20.1 Å². The molecule has 1 amide bonds. The lowest BCUT2D eigenvalue weighted by Crippen LogP contribution is -2.55. The zero-order valence-electron chi connectivity index (χ0n) is 20.8. The van der Waals surface area contributed by atoms with Gasteiger partial charge in [-0.1, -0.05) is 30.7 Å². The van der Waals surface area contributed by atoms with Crippen LogP contribution >= 0.6 is 11.6 Å². The van der Waals surface area contributed by atoms with Gasteiger partial charge in [-0.05, 0) is 46.0 Å². The number of rotatable bonds is 4. The molecule has 3 aliphatic rings. The van der Waals surface area contributed by atoms with Gasteiger partial charge in [-0.15, -0.1) is 0 Å². The summed E-state index contributed by atoms with van der Waals surface area (Å²) in [5, 5.41) is 3.51. The number of halogens is 2. The summed E-state index contributed by atoms with van der Waals surface area (Å²) in [6.45, 7) is 10.4. The molecule has 0 aliphatic carbocycles. The Morgan fingerprint density at radius 3 is 2.86 bits per heavy atom. The van der Waals surface area contributed by atoms with E-state index in [0.29, 0.717) is 60.7 Å². The van der Waals surface area contributed by atoms with E-state index >= 15 is 0 Å². The molecule has 1 aromatic heterocycles. The SMILES string of the molecule is CCN(C)C1CN(c2nc(-c3ccccc3F)c(Cl)c3c2C(=O)N2CCNCC2CO3)C(C)(C)C1. The molecule has 7 nitrogen and oxygen atoms in total. The van der Waals surface area contributed by atoms with Gasteiger partial charge in [0.05, 0.1) is 11.7 Å². The summed E-state index contributed by atoms with van der Waals surface area (Å²) in [6, 6.07) is 6.64. The van der Waals surface area contributed by atoms with Gasteiger partial charge in [0.2, 0.25) is 0 Å². The predicted molar refractivity (Wildman–Crippen MR) is 136 cm³/mol. The van der Waals surface area contributed by atoms with Crippen molar-refractivity contribution in [2.24, 2.45) is 0 Å². The molecule has 2 atom stereocenters. The maximum atomic E-state index is 14.9. The number of anilines is 1. The van der Waals surface area contributed by atoms with Gasteiger partial charge in [-0.2, -0.15) is 0 Å². The molecule has 3 aliphatic heterocycles. The highest BCUT2D eigenvalue weighted by molar-refractivity contribution is 6.35. The minimum Gasteiger partial charge on any atom is -0.489 e. The van der Waals surface area contributed by atoms with Crippen LogP contribution in [0.1, 0.15) is 37.6 Å². The number of ether oxygens (including phenoxy) is 1. The third-order valence-electron chi connectivity index (χ3n) is 7.69. The van der Waals surface area contributed by atoms with E-state index in [1.165, 1.54) is 6.07 Å². The molecule has 2 fully saturated rings. The summed E-state index contributed by atoms with van der Waals surface area (Å²) in [6.07, 6.45) is 0.913. The lowest BCUT2D eigenvalue weighted by Gasteiger charge is -2.36. The Labute approximate surface area is 211 Å². The van der Waals surface area contributed by atoms with Crippen molar-refractivity contribution in [2.75, 3.05) is 51.3 Å². The van der Waals surface area contributed by atoms with Gasteiger partial charge >= 0.3 is 0 Å². The number of hydrogen-bond acceptors (Lipinski definition) is 6. The largest absolute Gasteiger partial charge is 0.489 e. The van der Waals surface area contributed by atoms with E-state index in [1.807, 2.05) is 4.90 Å². The molecular weight excluding hydrogens is 469 g/mol. The summed E-state index contributed by atoms with van der Waals surface area (Å²) in [5.74, 6) is 0.275. The quantitative estimate of drug-likeness (QED) is 0.690. The van der Waals surface area contributed by atoms with Gasteiger partial charge in [0.15, 0.2) is 5.75 Å². The number of benzene rings is 1. The average Bonchev–Trinajstić information content (AvgIpc) is 3.09. The predicted octanol–water partition coefficient (Wildman–Crippen LogP) is 3.66. The molecule has 0 saturated carbocycles. The van der Waals surface area contributed by atoms with Crippen LogP contribution in [0.25, 0.3) is 11.3 Å². The van der Waals surface area contributed by atoms with Gasteiger partial charge in [-0.25, -0.2) is 9.37 Å². The number of carbonyl (C=O) groups excluding carboxylic acids is 1. The molecule has 1 aromatic carbocycles. The van der Waals surface area contributed by atoms with Gasteiger partial charge in [0.25, 0.3) is 5.91 Å². The molecule has 0 spiro atoms. The van der Waals surface area contributed by atoms with Crippen LogP contribution in [0.3, 0.4) is 0 Å². The molecule has 4 heterocycles. The third kappa shape index (κ3) is 4.15. The summed E-state index contributed by atoms with van der Waals surface area (Å²) in [7, 11) is 2.12. The number of likely N-dealkylation sites (N-methyl/N-ethyl adjacent to an activating group) is 1. The van der Waals surface area contributed by atoms with E-state index < -0.39 is 5.82 Å². The minimum absolute atomic E-state index is 0.102. The topological polar surface area (TPSA) is 60.9 Å². The zero-order valence-corrected chi connectivity index (χ0v) is 21.5. The maximum absolute atomic E-state index is 14.9. The van der Waals surface area contributed by atoms with Crippen molar-refractivity contribution < 1.29 is 13.9 Å². The molecule has 1 N–H and O–H groups in total. The summed E-state index contributed by atoms with van der Waals surface area (Å²) >= 11 is 6.85. The number of piperazine rings is 1. The molecule has 0 radical (unpaired) electrons. The first-order chi connectivity index (χ1) is 16.7. The fourth-order valence-electron chi connectivity index (χ4n) is 5.52. The molecular formula is C26H33ClFN5O2. The summed E-state index contributed by atoms with van der Waals surface area (Å²) in [4.78, 5) is 25.3. The third-order valence-corrected chi connectivity index (χ3v) is 8.04. The molecule has 2 aromatic rings. The fraction of sp³-hybridized carbons (Fsp3) is 0.538. The fourth-order valence-corrected chi connectivity index (χ4v) is 5.81. The van der Waals surface area contributed by atoms with E-state index in [-0.39, 0.29) is 22.5 Å². The van der Waals surface area contributed by atoms with Crippen LogP contribution in [0.2, 0.25) is 5.02 Å². The molecule has 9 heteroatoms. The highest BCUT2D eigenvalue weighted by Crippen LogP contribution is 2.46. The number of nitrogens with one attached hydrogen (secondary N) is 1. The maximum Gasteiger partial charge on any atom is 0.261 e. The van der Waals surface area contributed by atoms with Crippen molar-refractivity contribution in [3.05, 3.63) is 40.7 Å². The number of aromatic nitrogens is 1. The van der Waals surface area contributed by atoms with Crippen LogP contribution in [-0.2, 0) is 0 Å². The van der Waals surface area contributed by atoms with Crippen LogP contribution < -0.4 is 15.0 Å². The summed E-state index contributed by atoms with van der Waals surface area (Å²) in [5.41, 5.74) is 0.699. The summed E-state index contributed by atoms with van der Waals surface area (Å²) < 4.78 is 21.2. The van der Waals surface area contributed by atoms with Crippen molar-refractivity contribution in [3.63, 3.8) is 0 Å². The van der Waals surface area contributed by atoms with Crippen LogP contribution in [0, 0.1) is 5.82 Å². The van der Waals surface area contributed by atoms with E-state index in [1.54, 1.807) is 18.2 Å². The zero-order chi connectivity index (χ0) is 24.9. The van der Waals surface area contributed by atoms with E-state index in [4.69, 9.17) is 21.3 Å². The van der Waals surface area contributed by atoms with Gasteiger partial charge < -0.3 is 24.8 Å². The first-order valence-corrected chi connectivity index (χ1v) is 12.7. The first kappa shape index (κ1) is 24.3. The highest BCUT2D eigenvalue weighted by Gasteiger charge is 2.45. The smallest absolute Gasteiger partial charge is 0.261 e. The number of nitrogens with zero attached hydrogens (tertiary/aromatic N) is 4. The second-order valence-corrected chi connectivity index (χ2v) is 10.7. The average molecular weight is 502 g/mol. The number of fused-ring (bicyclic) bond motifs is 2. The molecule has 35 heavy (non-hydrogen) atoms. The van der Waals surface area contributed by atoms with Crippen molar-refractivity contribution in [3.8, 4) is 17.0 Å². The molecule has 188 valence electrons. The lowest BCUT2D eigenvalue weighted by molar-refractivity contribution is 0.0606. The number of carbonyl (C=O) groups is 1. The Kier molecular flexibility index (Phi) is 6.40. The molecule has 0 bridgehead atoms. The second-order valence-electron chi connectivity index (χ2n) is 10.3. The van der Waals surface area contributed by atoms with Crippen LogP contribution in [-0.4, -0.2) is 84.7 Å². The lowest BCUT2D eigenvalue weighted by atomic mass is 9.98. The Balaban J connectivity index is 1.72. The number of pyridine rings is 1. The Hall–Kier alpha value is -2.42. The Morgan fingerprint density at radius 1 is 1.34 bits per heavy atom. The Bertz CT molecular complexity index is 1140. The molecule has 2 unspecified atom stereocenters. The van der Waals surface area contributed by atoms with Crippen molar-refractivity contribution in [2.45, 2.75) is 44.8 Å². The van der Waals surface area contributed by atoms with Crippen LogP contribution in [0.15, 0.2) is 24.3 Å². The van der Waals surface area contributed by atoms with Gasteiger partial charge in [-0.3, -0.25) is 4.79 Å². The minimum atomic E-state index is -0.418. The standard InChI is InChI=1S/C26H33ClFN5O2/c1-5-31(4)16-12-26(2,3)33(14-16)24-20-23(35-15-17-13-29-10-11-32(17)25(20)34)21(27)22(30-24)18-8-6-7-9-19(18)28/h6-9,16-17,29H,5,10-15H2,1-4H3. The van der Waals surface area contributed by atoms with Crippen LogP contribution in [0.4, 0.5) is 10.2 Å². The monoisotopic (exact) mass is 501 g/mol. The van der Waals surface area contributed by atoms with Gasteiger partial charge in [0, 0.05) is 43.3 Å². The highest BCUT2D eigenvalue weighted by atomic mass is 35.5. The Morgan fingerprint density at radius 2 is 2.11 bits per heavy atom. The van der Waals surface area contributed by atoms with Crippen molar-refractivity contribution >= 4 is 23.3 Å². The van der Waals surface area contributed by atoms with Gasteiger partial charge in [0.1, 0.15) is 28.8 Å². The molecule has 5 rings (SSSR count). The molecule has 2 saturated heterocycles.